The van der Waals surface area contributed by atoms with Crippen molar-refractivity contribution in [3.8, 4) is 0 Å². The van der Waals surface area contributed by atoms with Gasteiger partial charge in [-0.2, -0.15) is 4.39 Å². The van der Waals surface area contributed by atoms with Gasteiger partial charge < -0.3 is 4.74 Å². The van der Waals surface area contributed by atoms with E-state index in [9.17, 15) is 9.18 Å². The zero-order valence-corrected chi connectivity index (χ0v) is 6.45. The van der Waals surface area contributed by atoms with Crippen molar-refractivity contribution in [2.75, 3.05) is 7.11 Å². The van der Waals surface area contributed by atoms with Crippen molar-refractivity contribution in [1.82, 2.24) is 9.97 Å². The van der Waals surface area contributed by atoms with Crippen LogP contribution in [0.4, 0.5) is 4.39 Å². The van der Waals surface area contributed by atoms with Crippen molar-refractivity contribution in [3.05, 3.63) is 24.0 Å². The Balaban J connectivity index is 2.69. The molecular formula is C7H7FN2O2. The molecule has 4 nitrogen and oxygen atoms in total. The van der Waals surface area contributed by atoms with Gasteiger partial charge in [-0.1, -0.05) is 0 Å². The average molecular weight is 170 g/mol. The van der Waals surface area contributed by atoms with Gasteiger partial charge in [0.15, 0.2) is 0 Å². The predicted octanol–water partition coefficient (Wildman–Crippen LogP) is 0.331. The topological polar surface area (TPSA) is 52.1 Å². The maximum Gasteiger partial charge on any atom is 0.311 e. The van der Waals surface area contributed by atoms with Crippen LogP contribution < -0.4 is 0 Å². The first-order valence-electron chi connectivity index (χ1n) is 3.25. The summed E-state index contributed by atoms with van der Waals surface area (Å²) in [6.07, 6.45) is 1.03. The molecule has 5 heteroatoms. The highest BCUT2D eigenvalue weighted by atomic mass is 19.1. The second-order valence-electron chi connectivity index (χ2n) is 2.08. The molecule has 1 rings (SSSR count). The summed E-state index contributed by atoms with van der Waals surface area (Å²) in [6, 6.07) is 1.09. The van der Waals surface area contributed by atoms with Crippen molar-refractivity contribution < 1.29 is 13.9 Å². The number of esters is 1. The van der Waals surface area contributed by atoms with Crippen molar-refractivity contribution >= 4 is 5.97 Å². The quantitative estimate of drug-likeness (QED) is 0.474. The van der Waals surface area contributed by atoms with E-state index in [1.165, 1.54) is 7.11 Å². The first-order valence-corrected chi connectivity index (χ1v) is 3.25. The van der Waals surface area contributed by atoms with Gasteiger partial charge in [-0.15, -0.1) is 0 Å². The summed E-state index contributed by atoms with van der Waals surface area (Å²) in [4.78, 5) is 17.6. The molecule has 0 spiro atoms. The summed E-state index contributed by atoms with van der Waals surface area (Å²) in [6.45, 7) is 0. The number of ether oxygens (including phenoxy) is 1. The van der Waals surface area contributed by atoms with Gasteiger partial charge in [0.1, 0.15) is 6.33 Å². The van der Waals surface area contributed by atoms with Crippen LogP contribution in [0.5, 0.6) is 0 Å². The molecule has 0 fully saturated rings. The van der Waals surface area contributed by atoms with E-state index >= 15 is 0 Å². The molecule has 0 saturated heterocycles. The van der Waals surface area contributed by atoms with Gasteiger partial charge >= 0.3 is 5.97 Å². The molecule has 0 saturated carbocycles. The van der Waals surface area contributed by atoms with Crippen molar-refractivity contribution in [3.63, 3.8) is 0 Å². The monoisotopic (exact) mass is 170 g/mol. The highest BCUT2D eigenvalue weighted by molar-refractivity contribution is 5.71. The van der Waals surface area contributed by atoms with E-state index in [0.717, 1.165) is 12.4 Å². The second kappa shape index (κ2) is 3.75. The van der Waals surface area contributed by atoms with Gasteiger partial charge in [0.2, 0.25) is 5.95 Å². The summed E-state index contributed by atoms with van der Waals surface area (Å²) >= 11 is 0. The lowest BCUT2D eigenvalue weighted by Gasteiger charge is -1.97. The normalized spacial score (nSPS) is 9.50. The average Bonchev–Trinajstić information content (AvgIpc) is 2.04. The van der Waals surface area contributed by atoms with Crippen molar-refractivity contribution in [2.45, 2.75) is 6.42 Å². The SMILES string of the molecule is COC(=O)Cc1cc(F)ncn1. The number of nitrogens with zero attached hydrogens (tertiary/aromatic N) is 2. The Kier molecular flexibility index (Phi) is 2.68. The molecule has 0 aliphatic rings. The van der Waals surface area contributed by atoms with Gasteiger partial charge in [0, 0.05) is 6.07 Å². The third kappa shape index (κ3) is 2.26. The Morgan fingerprint density at radius 1 is 1.67 bits per heavy atom. The molecule has 0 aromatic carbocycles. The maximum atomic E-state index is 12.4. The number of hydrogen-bond acceptors (Lipinski definition) is 4. The summed E-state index contributed by atoms with van der Waals surface area (Å²) in [5.41, 5.74) is 0.314. The van der Waals surface area contributed by atoms with Crippen LogP contribution in [0.3, 0.4) is 0 Å². The lowest BCUT2D eigenvalue weighted by atomic mass is 10.3. The molecule has 12 heavy (non-hydrogen) atoms. The van der Waals surface area contributed by atoms with Crippen molar-refractivity contribution in [2.24, 2.45) is 0 Å². The Labute approximate surface area is 68.4 Å². The van der Waals surface area contributed by atoms with Crippen LogP contribution in [0.2, 0.25) is 0 Å². The minimum Gasteiger partial charge on any atom is -0.469 e. The van der Waals surface area contributed by atoms with Crippen LogP contribution in [-0.2, 0) is 16.0 Å². The number of aromatic nitrogens is 2. The molecule has 0 atom stereocenters. The lowest BCUT2D eigenvalue weighted by Crippen LogP contribution is -2.06. The number of rotatable bonds is 2. The Hall–Kier alpha value is -1.52. The summed E-state index contributed by atoms with van der Waals surface area (Å²) < 4.78 is 16.8. The summed E-state index contributed by atoms with van der Waals surface area (Å²) in [7, 11) is 1.26. The molecule has 0 bridgehead atoms. The lowest BCUT2D eigenvalue weighted by molar-refractivity contribution is -0.139. The van der Waals surface area contributed by atoms with E-state index in [1.54, 1.807) is 0 Å². The maximum absolute atomic E-state index is 12.4. The fraction of sp³-hybridized carbons (Fsp3) is 0.286. The minimum atomic E-state index is -0.649. The van der Waals surface area contributed by atoms with Crippen LogP contribution in [0.15, 0.2) is 12.4 Å². The number of carbonyl (C=O) groups is 1. The molecule has 0 radical (unpaired) electrons. The third-order valence-electron chi connectivity index (χ3n) is 1.24. The Morgan fingerprint density at radius 3 is 3.00 bits per heavy atom. The molecule has 0 N–H and O–H groups in total. The van der Waals surface area contributed by atoms with Crippen LogP contribution >= 0.6 is 0 Å². The van der Waals surface area contributed by atoms with Gasteiger partial charge in [0.25, 0.3) is 0 Å². The van der Waals surface area contributed by atoms with Gasteiger partial charge in [0.05, 0.1) is 19.2 Å². The molecule has 0 aliphatic heterocycles. The van der Waals surface area contributed by atoms with Crippen LogP contribution in [0.25, 0.3) is 0 Å². The predicted molar refractivity (Wildman–Crippen MR) is 37.7 cm³/mol. The smallest absolute Gasteiger partial charge is 0.311 e. The number of carbonyl (C=O) groups excluding carboxylic acids is 1. The fourth-order valence-electron chi connectivity index (χ4n) is 0.687. The number of methoxy groups -OCH3 is 1. The summed E-state index contributed by atoms with van der Waals surface area (Å²) in [5, 5.41) is 0. The van der Waals surface area contributed by atoms with Gasteiger partial charge in [-0.25, -0.2) is 9.97 Å². The molecule has 0 amide bonds. The Morgan fingerprint density at radius 2 is 2.42 bits per heavy atom. The molecule has 1 aromatic heterocycles. The van der Waals surface area contributed by atoms with Gasteiger partial charge in [-0.3, -0.25) is 4.79 Å². The number of halogens is 1. The summed E-state index contributed by atoms with van der Waals surface area (Å²) in [5.74, 6) is -1.10. The van der Waals surface area contributed by atoms with E-state index < -0.39 is 11.9 Å². The van der Waals surface area contributed by atoms with E-state index in [2.05, 4.69) is 14.7 Å². The minimum absolute atomic E-state index is 0.0318. The highest BCUT2D eigenvalue weighted by Gasteiger charge is 2.04. The second-order valence-corrected chi connectivity index (χ2v) is 2.08. The van der Waals surface area contributed by atoms with Crippen molar-refractivity contribution in [1.29, 1.82) is 0 Å². The van der Waals surface area contributed by atoms with Crippen LogP contribution in [0, 0.1) is 5.95 Å². The van der Waals surface area contributed by atoms with E-state index in [-0.39, 0.29) is 6.42 Å². The third-order valence-corrected chi connectivity index (χ3v) is 1.24. The van der Waals surface area contributed by atoms with Gasteiger partial charge in [-0.05, 0) is 0 Å². The first kappa shape index (κ1) is 8.58. The zero-order valence-electron chi connectivity index (χ0n) is 6.45. The standard InChI is InChI=1S/C7H7FN2O2/c1-12-7(11)3-5-2-6(8)10-4-9-5/h2,4H,3H2,1H3. The molecule has 1 aromatic rings. The molecule has 0 unspecified atom stereocenters. The number of hydrogen-bond donors (Lipinski definition) is 0. The molecule has 1 heterocycles. The van der Waals surface area contributed by atoms with Crippen LogP contribution in [-0.4, -0.2) is 23.0 Å². The van der Waals surface area contributed by atoms with Crippen LogP contribution in [0.1, 0.15) is 5.69 Å². The van der Waals surface area contributed by atoms with E-state index in [0.29, 0.717) is 5.69 Å². The highest BCUT2D eigenvalue weighted by Crippen LogP contribution is 1.97. The zero-order chi connectivity index (χ0) is 8.97. The first-order chi connectivity index (χ1) is 5.72. The molecular weight excluding hydrogens is 163 g/mol. The Bertz CT molecular complexity index is 290. The molecule has 0 aliphatic carbocycles. The largest absolute Gasteiger partial charge is 0.469 e. The van der Waals surface area contributed by atoms with E-state index in [1.807, 2.05) is 0 Å². The fourth-order valence-corrected chi connectivity index (χ4v) is 0.687. The van der Waals surface area contributed by atoms with E-state index in [4.69, 9.17) is 0 Å². The molecule has 64 valence electrons.